The van der Waals surface area contributed by atoms with Crippen molar-refractivity contribution >= 4 is 34.4 Å². The van der Waals surface area contributed by atoms with Crippen LogP contribution in [0.25, 0.3) is 11.0 Å². The first-order valence-electron chi connectivity index (χ1n) is 10.8. The number of carbonyl (C=O) groups excluding carboxylic acids is 2. The van der Waals surface area contributed by atoms with Crippen LogP contribution >= 0.6 is 11.6 Å². The zero-order chi connectivity index (χ0) is 25.2. The van der Waals surface area contributed by atoms with Crippen molar-refractivity contribution in [1.82, 2.24) is 20.2 Å². The second kappa shape index (κ2) is 10.1. The van der Waals surface area contributed by atoms with Crippen LogP contribution in [0, 0.1) is 6.92 Å². The van der Waals surface area contributed by atoms with Gasteiger partial charge in [-0.15, -0.1) is 0 Å². The van der Waals surface area contributed by atoms with Gasteiger partial charge < -0.3 is 19.9 Å². The minimum Gasteiger partial charge on any atom is -0.369 e. The molecule has 184 valence electrons. The molecule has 0 saturated heterocycles. The van der Waals surface area contributed by atoms with Gasteiger partial charge >= 0.3 is 6.18 Å². The predicted octanol–water partition coefficient (Wildman–Crippen LogP) is 4.59. The average Bonchev–Trinajstić information content (AvgIpc) is 3.47. The minimum atomic E-state index is -4.51. The molecule has 0 saturated carbocycles. The van der Waals surface area contributed by atoms with E-state index in [4.69, 9.17) is 16.3 Å². The third kappa shape index (κ3) is 6.01. The van der Waals surface area contributed by atoms with E-state index in [1.54, 1.807) is 42.2 Å². The van der Waals surface area contributed by atoms with Crippen LogP contribution in [0.15, 0.2) is 48.6 Å². The molecule has 0 spiro atoms. The van der Waals surface area contributed by atoms with E-state index in [0.717, 1.165) is 0 Å². The number of imidazole rings is 1. The van der Waals surface area contributed by atoms with Crippen LogP contribution < -0.4 is 5.32 Å². The molecule has 4 rings (SSSR count). The molecule has 2 amide bonds. The Labute approximate surface area is 203 Å². The number of fused-ring (bicyclic) bond motifs is 1. The Morgan fingerprint density at radius 3 is 2.63 bits per heavy atom. The number of benzene rings is 2. The lowest BCUT2D eigenvalue weighted by Gasteiger charge is -2.19. The normalized spacial score (nSPS) is 14.5. The topological polar surface area (TPSA) is 87.3 Å². The molecule has 2 aromatic carbocycles. The van der Waals surface area contributed by atoms with Crippen molar-refractivity contribution in [2.75, 3.05) is 26.3 Å². The Balaban J connectivity index is 1.53. The number of nitrogens with zero attached hydrogens (tertiary/aromatic N) is 2. The van der Waals surface area contributed by atoms with Crippen molar-refractivity contribution in [2.24, 2.45) is 0 Å². The highest BCUT2D eigenvalue weighted by molar-refractivity contribution is 6.31. The molecule has 1 aliphatic rings. The van der Waals surface area contributed by atoms with Gasteiger partial charge in [-0.05, 0) is 48.9 Å². The summed E-state index contributed by atoms with van der Waals surface area (Å²) in [5.74, 6) is -0.462. The molecule has 2 heterocycles. The number of ether oxygens (including phenoxy) is 1. The standard InChI is InChI=1S/C24H22ClF3N4O3/c1-14-10-15(4-6-17(14)23(34)32-8-2-3-9-32)22(33)31-20(12-35-13-24(26,27)28)21-29-18-7-5-16(25)11-19(18)30-21/h2-7,10-11,20H,8-9,12-13H2,1H3,(H,29,30)(H,31,33)/t20-/m0/s1. The molecule has 0 aliphatic carbocycles. The van der Waals surface area contributed by atoms with Gasteiger partial charge in [-0.2, -0.15) is 13.2 Å². The third-order valence-electron chi connectivity index (χ3n) is 5.47. The lowest BCUT2D eigenvalue weighted by Crippen LogP contribution is -2.33. The molecular formula is C24H22ClF3N4O3. The van der Waals surface area contributed by atoms with Crippen LogP contribution in [0.2, 0.25) is 5.02 Å². The number of aryl methyl sites for hydroxylation is 1. The largest absolute Gasteiger partial charge is 0.411 e. The number of H-pyrrole nitrogens is 1. The van der Waals surface area contributed by atoms with Gasteiger partial charge in [-0.25, -0.2) is 4.98 Å². The van der Waals surface area contributed by atoms with E-state index in [-0.39, 0.29) is 17.3 Å². The van der Waals surface area contributed by atoms with Gasteiger partial charge in [0.05, 0.1) is 17.6 Å². The third-order valence-corrected chi connectivity index (χ3v) is 5.71. The van der Waals surface area contributed by atoms with Crippen LogP contribution in [0.1, 0.15) is 38.1 Å². The number of halogens is 4. The van der Waals surface area contributed by atoms with Crippen molar-refractivity contribution in [3.8, 4) is 0 Å². The van der Waals surface area contributed by atoms with Crippen LogP contribution in [-0.4, -0.2) is 59.2 Å². The number of hydrogen-bond acceptors (Lipinski definition) is 4. The molecule has 0 unspecified atom stereocenters. The zero-order valence-corrected chi connectivity index (χ0v) is 19.4. The van der Waals surface area contributed by atoms with Crippen molar-refractivity contribution in [3.63, 3.8) is 0 Å². The lowest BCUT2D eigenvalue weighted by atomic mass is 10.0. The average molecular weight is 507 g/mol. The second-order valence-corrected chi connectivity index (χ2v) is 8.59. The molecule has 0 fully saturated rings. The van der Waals surface area contributed by atoms with Crippen LogP contribution in [0.3, 0.4) is 0 Å². The molecule has 0 bridgehead atoms. The zero-order valence-electron chi connectivity index (χ0n) is 18.7. The quantitative estimate of drug-likeness (QED) is 0.459. The summed E-state index contributed by atoms with van der Waals surface area (Å²) >= 11 is 5.99. The number of amides is 2. The SMILES string of the molecule is Cc1cc(C(=O)N[C@@H](COCC(F)(F)F)c2nc3cc(Cl)ccc3[nH]2)ccc1C(=O)N1CC=CC1. The highest BCUT2D eigenvalue weighted by Crippen LogP contribution is 2.22. The highest BCUT2D eigenvalue weighted by Gasteiger charge is 2.29. The van der Waals surface area contributed by atoms with E-state index in [9.17, 15) is 22.8 Å². The Bertz CT molecular complexity index is 1280. The molecule has 7 nitrogen and oxygen atoms in total. The van der Waals surface area contributed by atoms with Crippen molar-refractivity contribution in [1.29, 1.82) is 0 Å². The smallest absolute Gasteiger partial charge is 0.369 e. The number of aromatic nitrogens is 2. The Morgan fingerprint density at radius 2 is 1.94 bits per heavy atom. The maximum absolute atomic E-state index is 13.0. The maximum atomic E-state index is 13.0. The first-order chi connectivity index (χ1) is 16.6. The van der Waals surface area contributed by atoms with Gasteiger partial charge in [0.15, 0.2) is 0 Å². The molecule has 2 N–H and O–H groups in total. The maximum Gasteiger partial charge on any atom is 0.411 e. The number of rotatable bonds is 7. The summed E-state index contributed by atoms with van der Waals surface area (Å²) in [6.07, 6.45) is -0.704. The first-order valence-corrected chi connectivity index (χ1v) is 11.1. The van der Waals surface area contributed by atoms with E-state index in [1.807, 2.05) is 12.2 Å². The fourth-order valence-corrected chi connectivity index (χ4v) is 3.91. The predicted molar refractivity (Wildman–Crippen MR) is 124 cm³/mol. The highest BCUT2D eigenvalue weighted by atomic mass is 35.5. The van der Waals surface area contributed by atoms with Gasteiger partial charge in [-0.3, -0.25) is 9.59 Å². The lowest BCUT2D eigenvalue weighted by molar-refractivity contribution is -0.175. The van der Waals surface area contributed by atoms with Gasteiger partial charge in [0.2, 0.25) is 0 Å². The summed E-state index contributed by atoms with van der Waals surface area (Å²) < 4.78 is 42.7. The van der Waals surface area contributed by atoms with Crippen LogP contribution in [0.5, 0.6) is 0 Å². The van der Waals surface area contributed by atoms with Crippen LogP contribution in [0.4, 0.5) is 13.2 Å². The van der Waals surface area contributed by atoms with E-state index < -0.39 is 31.3 Å². The van der Waals surface area contributed by atoms with Crippen molar-refractivity contribution in [2.45, 2.75) is 19.1 Å². The first kappa shape index (κ1) is 24.7. The number of hydrogen-bond donors (Lipinski definition) is 2. The summed E-state index contributed by atoms with van der Waals surface area (Å²) in [6, 6.07) is 8.57. The van der Waals surface area contributed by atoms with E-state index >= 15 is 0 Å². The van der Waals surface area contributed by atoms with E-state index in [1.165, 1.54) is 6.07 Å². The van der Waals surface area contributed by atoms with E-state index in [2.05, 4.69) is 15.3 Å². The Kier molecular flexibility index (Phi) is 7.13. The molecule has 3 aromatic rings. The Morgan fingerprint density at radius 1 is 1.20 bits per heavy atom. The number of carbonyl (C=O) groups is 2. The fourth-order valence-electron chi connectivity index (χ4n) is 3.75. The molecule has 1 atom stereocenters. The second-order valence-electron chi connectivity index (χ2n) is 8.15. The monoisotopic (exact) mass is 506 g/mol. The van der Waals surface area contributed by atoms with Gasteiger partial charge in [0.25, 0.3) is 11.8 Å². The molecule has 1 aromatic heterocycles. The minimum absolute atomic E-state index is 0.140. The number of nitrogens with one attached hydrogen (secondary N) is 2. The molecule has 1 aliphatic heterocycles. The van der Waals surface area contributed by atoms with Gasteiger partial charge in [-0.1, -0.05) is 23.8 Å². The summed E-state index contributed by atoms with van der Waals surface area (Å²) in [5, 5.41) is 3.12. The fraction of sp³-hybridized carbons (Fsp3) is 0.292. The Hall–Kier alpha value is -3.37. The molecular weight excluding hydrogens is 485 g/mol. The summed E-state index contributed by atoms with van der Waals surface area (Å²) in [5.41, 5.74) is 2.44. The number of aromatic amines is 1. The van der Waals surface area contributed by atoms with E-state index in [0.29, 0.717) is 40.3 Å². The molecule has 35 heavy (non-hydrogen) atoms. The van der Waals surface area contributed by atoms with Crippen molar-refractivity contribution < 1.29 is 27.5 Å². The van der Waals surface area contributed by atoms with Gasteiger partial charge in [0.1, 0.15) is 18.5 Å². The van der Waals surface area contributed by atoms with Crippen LogP contribution in [-0.2, 0) is 4.74 Å². The number of alkyl halides is 3. The summed E-state index contributed by atoms with van der Waals surface area (Å²) in [7, 11) is 0. The molecule has 11 heteroatoms. The van der Waals surface area contributed by atoms with Gasteiger partial charge in [0, 0.05) is 29.2 Å². The molecule has 0 radical (unpaired) electrons. The summed E-state index contributed by atoms with van der Waals surface area (Å²) in [4.78, 5) is 34.7. The van der Waals surface area contributed by atoms with Crippen molar-refractivity contribution in [3.05, 3.63) is 76.1 Å². The summed E-state index contributed by atoms with van der Waals surface area (Å²) in [6.45, 7) is 0.856.